The van der Waals surface area contributed by atoms with Crippen LogP contribution in [-0.2, 0) is 0 Å². The van der Waals surface area contributed by atoms with Crippen LogP contribution in [0.15, 0.2) is 30.3 Å². The van der Waals surface area contributed by atoms with E-state index in [2.05, 4.69) is 39.4 Å². The lowest BCUT2D eigenvalue weighted by molar-refractivity contribution is 0.110. The fraction of sp³-hybridized carbons (Fsp3) is 0.556. The van der Waals surface area contributed by atoms with Gasteiger partial charge in [0, 0.05) is 50.9 Å². The van der Waals surface area contributed by atoms with Crippen molar-refractivity contribution in [2.24, 2.45) is 0 Å². The molecule has 0 aliphatic carbocycles. The van der Waals surface area contributed by atoms with Crippen molar-refractivity contribution in [2.45, 2.75) is 12.5 Å². The molecule has 2 saturated heterocycles. The molecule has 1 aromatic carbocycles. The zero-order valence-electron chi connectivity index (χ0n) is 13.5. The molecule has 0 spiro atoms. The molecule has 0 saturated carbocycles. The number of methoxy groups -OCH3 is 1. The number of hydrogen-bond donors (Lipinski definition) is 1. The van der Waals surface area contributed by atoms with Gasteiger partial charge in [0.25, 0.3) is 0 Å². The van der Waals surface area contributed by atoms with Crippen LogP contribution in [-0.4, -0.2) is 68.8 Å². The van der Waals surface area contributed by atoms with E-state index >= 15 is 0 Å². The summed E-state index contributed by atoms with van der Waals surface area (Å²) in [5.74, 6) is 0.942. The first-order chi connectivity index (χ1) is 10.9. The van der Waals surface area contributed by atoms with E-state index in [0.717, 1.165) is 23.9 Å². The Kier molecular flexibility index (Phi) is 5.48. The first-order valence-electron chi connectivity index (χ1n) is 8.33. The smallest absolute Gasteiger partial charge is 0.126 e. The first-order valence-corrected chi connectivity index (χ1v) is 8.33. The highest BCUT2D eigenvalue weighted by atomic mass is 16.5. The lowest BCUT2D eigenvalue weighted by atomic mass is 10.1. The Balaban J connectivity index is 1.45. The van der Waals surface area contributed by atoms with E-state index in [1.165, 1.54) is 45.7 Å². The van der Waals surface area contributed by atoms with Crippen LogP contribution in [0.4, 0.5) is 0 Å². The molecular formula is C18H27N3O. The summed E-state index contributed by atoms with van der Waals surface area (Å²) in [6.45, 7) is 8.14. The van der Waals surface area contributed by atoms with Crippen LogP contribution >= 0.6 is 0 Å². The largest absolute Gasteiger partial charge is 0.496 e. The highest BCUT2D eigenvalue weighted by Gasteiger charge is 2.25. The fourth-order valence-electron chi connectivity index (χ4n) is 3.40. The van der Waals surface area contributed by atoms with Gasteiger partial charge in [-0.3, -0.25) is 9.80 Å². The average molecular weight is 301 g/mol. The summed E-state index contributed by atoms with van der Waals surface area (Å²) in [7, 11) is 1.73. The summed E-state index contributed by atoms with van der Waals surface area (Å²) < 4.78 is 5.38. The molecule has 4 heteroatoms. The maximum Gasteiger partial charge on any atom is 0.126 e. The zero-order valence-corrected chi connectivity index (χ0v) is 13.5. The second-order valence-electron chi connectivity index (χ2n) is 6.13. The zero-order chi connectivity index (χ0) is 15.2. The van der Waals surface area contributed by atoms with Crippen molar-refractivity contribution in [2.75, 3.05) is 52.9 Å². The number of para-hydroxylation sites is 1. The molecule has 0 radical (unpaired) electrons. The van der Waals surface area contributed by atoms with Gasteiger partial charge in [-0.15, -0.1) is 0 Å². The van der Waals surface area contributed by atoms with E-state index in [1.807, 2.05) is 12.1 Å². The summed E-state index contributed by atoms with van der Waals surface area (Å²) >= 11 is 0. The van der Waals surface area contributed by atoms with Gasteiger partial charge in [0.1, 0.15) is 5.75 Å². The molecule has 3 rings (SSSR count). The van der Waals surface area contributed by atoms with E-state index in [4.69, 9.17) is 4.74 Å². The molecular weight excluding hydrogens is 274 g/mol. The monoisotopic (exact) mass is 301 g/mol. The second-order valence-corrected chi connectivity index (χ2v) is 6.13. The molecule has 120 valence electrons. The van der Waals surface area contributed by atoms with Crippen LogP contribution in [0.25, 0.3) is 6.08 Å². The van der Waals surface area contributed by atoms with Crippen molar-refractivity contribution in [3.8, 4) is 5.75 Å². The lowest BCUT2D eigenvalue weighted by Gasteiger charge is -2.37. The third kappa shape index (κ3) is 3.88. The minimum Gasteiger partial charge on any atom is -0.496 e. The van der Waals surface area contributed by atoms with Gasteiger partial charge >= 0.3 is 0 Å². The van der Waals surface area contributed by atoms with Crippen LogP contribution in [0.1, 0.15) is 12.0 Å². The number of nitrogens with zero attached hydrogens (tertiary/aromatic N) is 2. The molecule has 22 heavy (non-hydrogen) atoms. The van der Waals surface area contributed by atoms with Crippen molar-refractivity contribution < 1.29 is 4.74 Å². The number of ether oxygens (including phenoxy) is 1. The Hall–Kier alpha value is -1.36. The molecule has 0 bridgehead atoms. The number of nitrogens with one attached hydrogen (secondary N) is 1. The number of benzene rings is 1. The Bertz CT molecular complexity index is 489. The van der Waals surface area contributed by atoms with Gasteiger partial charge in [0.05, 0.1) is 7.11 Å². The SMILES string of the molecule is COc1ccccc1/C=C/CN1CCN([C@H]2CCNC2)CC1. The van der Waals surface area contributed by atoms with Crippen LogP contribution < -0.4 is 10.1 Å². The van der Waals surface area contributed by atoms with Crippen molar-refractivity contribution in [3.63, 3.8) is 0 Å². The van der Waals surface area contributed by atoms with Gasteiger partial charge in [0.15, 0.2) is 0 Å². The molecule has 0 aromatic heterocycles. The third-order valence-corrected chi connectivity index (χ3v) is 4.76. The maximum absolute atomic E-state index is 5.38. The van der Waals surface area contributed by atoms with Crippen LogP contribution in [0.2, 0.25) is 0 Å². The first kappa shape index (κ1) is 15.5. The van der Waals surface area contributed by atoms with Crippen LogP contribution in [0.5, 0.6) is 5.75 Å². The van der Waals surface area contributed by atoms with Gasteiger partial charge in [-0.1, -0.05) is 30.4 Å². The van der Waals surface area contributed by atoms with Gasteiger partial charge < -0.3 is 10.1 Å². The minimum atomic E-state index is 0.770. The molecule has 0 amide bonds. The summed E-state index contributed by atoms with van der Waals surface area (Å²) in [4.78, 5) is 5.19. The van der Waals surface area contributed by atoms with Gasteiger partial charge in [0.2, 0.25) is 0 Å². The van der Waals surface area contributed by atoms with E-state index < -0.39 is 0 Å². The summed E-state index contributed by atoms with van der Waals surface area (Å²) in [6.07, 6.45) is 5.74. The Morgan fingerprint density at radius 2 is 2.05 bits per heavy atom. The Labute approximate surface area is 133 Å². The number of piperazine rings is 1. The molecule has 4 nitrogen and oxygen atoms in total. The molecule has 1 N–H and O–H groups in total. The van der Waals surface area contributed by atoms with Gasteiger partial charge in [-0.2, -0.15) is 0 Å². The topological polar surface area (TPSA) is 27.7 Å². The van der Waals surface area contributed by atoms with E-state index in [0.29, 0.717) is 0 Å². The number of hydrogen-bond acceptors (Lipinski definition) is 4. The van der Waals surface area contributed by atoms with Gasteiger partial charge in [-0.05, 0) is 19.0 Å². The third-order valence-electron chi connectivity index (χ3n) is 4.76. The van der Waals surface area contributed by atoms with E-state index in [-0.39, 0.29) is 0 Å². The predicted octanol–water partition coefficient (Wildman–Crippen LogP) is 1.69. The maximum atomic E-state index is 5.38. The highest BCUT2D eigenvalue weighted by molar-refractivity contribution is 5.57. The van der Waals surface area contributed by atoms with Crippen molar-refractivity contribution in [1.29, 1.82) is 0 Å². The quantitative estimate of drug-likeness (QED) is 0.896. The molecule has 1 atom stereocenters. The van der Waals surface area contributed by atoms with Gasteiger partial charge in [-0.25, -0.2) is 0 Å². The molecule has 2 aliphatic rings. The molecule has 2 heterocycles. The van der Waals surface area contributed by atoms with E-state index in [9.17, 15) is 0 Å². The van der Waals surface area contributed by atoms with Crippen LogP contribution in [0, 0.1) is 0 Å². The second kappa shape index (κ2) is 7.77. The summed E-state index contributed by atoms with van der Waals surface area (Å²) in [5.41, 5.74) is 1.15. The molecule has 2 aliphatic heterocycles. The van der Waals surface area contributed by atoms with Crippen molar-refractivity contribution in [3.05, 3.63) is 35.9 Å². The molecule has 2 fully saturated rings. The standard InChI is InChI=1S/C18H27N3O/c1-22-18-7-3-2-5-16(18)6-4-10-20-11-13-21(14-12-20)17-8-9-19-15-17/h2-7,17,19H,8-15H2,1H3/b6-4+/t17-/m0/s1. The fourth-order valence-corrected chi connectivity index (χ4v) is 3.40. The lowest BCUT2D eigenvalue weighted by Crippen LogP contribution is -2.50. The average Bonchev–Trinajstić information content (AvgIpc) is 3.10. The normalized spacial score (nSPS) is 24.1. The Morgan fingerprint density at radius 1 is 1.23 bits per heavy atom. The van der Waals surface area contributed by atoms with Crippen molar-refractivity contribution in [1.82, 2.24) is 15.1 Å². The van der Waals surface area contributed by atoms with Crippen LogP contribution in [0.3, 0.4) is 0 Å². The predicted molar refractivity (Wildman–Crippen MR) is 91.3 cm³/mol. The Morgan fingerprint density at radius 3 is 2.77 bits per heavy atom. The molecule has 1 aromatic rings. The number of rotatable bonds is 5. The highest BCUT2D eigenvalue weighted by Crippen LogP contribution is 2.18. The summed E-state index contributed by atoms with van der Waals surface area (Å²) in [5, 5.41) is 3.47. The van der Waals surface area contributed by atoms with Crippen molar-refractivity contribution >= 4 is 6.08 Å². The van der Waals surface area contributed by atoms with E-state index in [1.54, 1.807) is 7.11 Å². The minimum absolute atomic E-state index is 0.770. The molecule has 0 unspecified atom stereocenters. The summed E-state index contributed by atoms with van der Waals surface area (Å²) in [6, 6.07) is 8.93.